The van der Waals surface area contributed by atoms with Gasteiger partial charge in [0.25, 0.3) is 0 Å². The minimum Gasteiger partial charge on any atom is -0.497 e. The Morgan fingerprint density at radius 2 is 1.68 bits per heavy atom. The molecule has 184 valence electrons. The van der Waals surface area contributed by atoms with Crippen molar-refractivity contribution in [1.29, 1.82) is 0 Å². The van der Waals surface area contributed by atoms with Crippen molar-refractivity contribution in [2.24, 2.45) is 0 Å². The molecule has 1 saturated heterocycles. The van der Waals surface area contributed by atoms with Gasteiger partial charge in [0.05, 0.1) is 33.5 Å². The van der Waals surface area contributed by atoms with Crippen molar-refractivity contribution in [1.82, 2.24) is 5.32 Å². The number of carbonyl (C=O) groups is 1. The summed E-state index contributed by atoms with van der Waals surface area (Å²) in [7, 11) is 1.61. The molecule has 2 aromatic carbocycles. The SMILES string of the molecule is C=CCO[C@@H]1O[C@H](CO)[C@@H](OCc2ccccc2)[C@H](OCc2ccc(OC)cc2)[C@H]1NC(C)=O. The molecule has 0 radical (unpaired) electrons. The molecule has 1 heterocycles. The number of hydrogen-bond acceptors (Lipinski definition) is 7. The molecule has 8 nitrogen and oxygen atoms in total. The largest absolute Gasteiger partial charge is 0.497 e. The molecule has 2 aromatic rings. The lowest BCUT2D eigenvalue weighted by molar-refractivity contribution is -0.285. The van der Waals surface area contributed by atoms with Crippen LogP contribution in [0.4, 0.5) is 0 Å². The molecule has 1 fully saturated rings. The minimum absolute atomic E-state index is 0.208. The molecule has 1 aliphatic rings. The van der Waals surface area contributed by atoms with Crippen LogP contribution in [0.3, 0.4) is 0 Å². The summed E-state index contributed by atoms with van der Waals surface area (Å²) in [6, 6.07) is 16.5. The van der Waals surface area contributed by atoms with Crippen LogP contribution < -0.4 is 10.1 Å². The predicted octanol–water partition coefficient (Wildman–Crippen LogP) is 2.59. The van der Waals surface area contributed by atoms with E-state index in [9.17, 15) is 9.90 Å². The Balaban J connectivity index is 1.85. The number of methoxy groups -OCH3 is 1. The van der Waals surface area contributed by atoms with Gasteiger partial charge in [-0.3, -0.25) is 4.79 Å². The van der Waals surface area contributed by atoms with E-state index in [1.54, 1.807) is 13.2 Å². The Hall–Kier alpha value is -2.75. The van der Waals surface area contributed by atoms with E-state index < -0.39 is 30.6 Å². The van der Waals surface area contributed by atoms with Gasteiger partial charge in [-0.1, -0.05) is 48.5 Å². The van der Waals surface area contributed by atoms with E-state index in [1.807, 2.05) is 54.6 Å². The molecular weight excluding hydrogens is 438 g/mol. The molecule has 0 saturated carbocycles. The first-order valence-corrected chi connectivity index (χ1v) is 11.2. The number of amides is 1. The summed E-state index contributed by atoms with van der Waals surface area (Å²) < 4.78 is 29.5. The van der Waals surface area contributed by atoms with Crippen molar-refractivity contribution < 1.29 is 33.6 Å². The Kier molecular flexibility index (Phi) is 10.1. The van der Waals surface area contributed by atoms with Crippen molar-refractivity contribution in [3.63, 3.8) is 0 Å². The Bertz CT molecular complexity index is 890. The molecule has 1 aliphatic heterocycles. The molecule has 2 N–H and O–H groups in total. The van der Waals surface area contributed by atoms with Crippen molar-refractivity contribution in [3.8, 4) is 5.75 Å². The Morgan fingerprint density at radius 1 is 1.03 bits per heavy atom. The molecule has 0 unspecified atom stereocenters. The smallest absolute Gasteiger partial charge is 0.217 e. The lowest BCUT2D eigenvalue weighted by Crippen LogP contribution is -2.65. The van der Waals surface area contributed by atoms with E-state index >= 15 is 0 Å². The first kappa shape index (κ1) is 25.9. The molecule has 5 atom stereocenters. The van der Waals surface area contributed by atoms with Crippen LogP contribution in [0.5, 0.6) is 5.75 Å². The summed E-state index contributed by atoms with van der Waals surface area (Å²) in [5, 5.41) is 13.0. The summed E-state index contributed by atoms with van der Waals surface area (Å²) in [5.74, 6) is 0.483. The number of rotatable bonds is 12. The van der Waals surface area contributed by atoms with Crippen LogP contribution in [-0.2, 0) is 37.0 Å². The van der Waals surface area contributed by atoms with Gasteiger partial charge >= 0.3 is 0 Å². The van der Waals surface area contributed by atoms with Gasteiger partial charge in [-0.15, -0.1) is 6.58 Å². The van der Waals surface area contributed by atoms with Crippen LogP contribution >= 0.6 is 0 Å². The fourth-order valence-corrected chi connectivity index (χ4v) is 3.82. The molecule has 0 aromatic heterocycles. The maximum atomic E-state index is 12.1. The standard InChI is InChI=1S/C26H33NO7/c1-4-14-31-26-23(27-18(2)29)25(33-17-20-10-12-21(30-3)13-11-20)24(22(15-28)34-26)32-16-19-8-6-5-7-9-19/h4-13,22-26,28H,1,14-17H2,2-3H3,(H,27,29)/t22-,23-,24-,25-,26-/m1/s1. The number of carbonyl (C=O) groups excluding carboxylic acids is 1. The third-order valence-corrected chi connectivity index (χ3v) is 5.46. The van der Waals surface area contributed by atoms with Gasteiger partial charge in [-0.05, 0) is 23.3 Å². The highest BCUT2D eigenvalue weighted by Crippen LogP contribution is 2.29. The summed E-state index contributed by atoms with van der Waals surface area (Å²) >= 11 is 0. The fourth-order valence-electron chi connectivity index (χ4n) is 3.82. The van der Waals surface area contributed by atoms with Gasteiger partial charge in [-0.25, -0.2) is 0 Å². The quantitative estimate of drug-likeness (QED) is 0.460. The number of ether oxygens (including phenoxy) is 5. The normalized spacial score (nSPS) is 24.4. The minimum atomic E-state index is -0.850. The molecule has 0 aliphatic carbocycles. The highest BCUT2D eigenvalue weighted by molar-refractivity contribution is 5.73. The van der Waals surface area contributed by atoms with Crippen molar-refractivity contribution >= 4 is 5.91 Å². The van der Waals surface area contributed by atoms with Crippen LogP contribution in [-0.4, -0.2) is 62.0 Å². The third kappa shape index (κ3) is 7.12. The van der Waals surface area contributed by atoms with Gasteiger partial charge in [0.2, 0.25) is 5.91 Å². The average molecular weight is 472 g/mol. The molecule has 8 heteroatoms. The number of nitrogens with one attached hydrogen (secondary N) is 1. The lowest BCUT2D eigenvalue weighted by Gasteiger charge is -2.45. The molecule has 3 rings (SSSR count). The van der Waals surface area contributed by atoms with E-state index in [1.165, 1.54) is 6.92 Å². The fraction of sp³-hybridized carbons (Fsp3) is 0.423. The van der Waals surface area contributed by atoms with Crippen LogP contribution in [0, 0.1) is 0 Å². The zero-order valence-corrected chi connectivity index (χ0v) is 19.6. The molecule has 0 spiro atoms. The highest BCUT2D eigenvalue weighted by Gasteiger charge is 2.48. The first-order chi connectivity index (χ1) is 16.5. The second-order valence-corrected chi connectivity index (χ2v) is 7.96. The monoisotopic (exact) mass is 471 g/mol. The number of benzene rings is 2. The number of aliphatic hydroxyl groups is 1. The van der Waals surface area contributed by atoms with Gasteiger partial charge < -0.3 is 34.1 Å². The van der Waals surface area contributed by atoms with Crippen LogP contribution in [0.1, 0.15) is 18.1 Å². The average Bonchev–Trinajstić information content (AvgIpc) is 2.86. The molecule has 1 amide bonds. The summed E-state index contributed by atoms with van der Waals surface area (Å²) in [4.78, 5) is 12.1. The summed E-state index contributed by atoms with van der Waals surface area (Å²) in [6.07, 6.45) is -1.30. The zero-order valence-electron chi connectivity index (χ0n) is 19.6. The molecule has 34 heavy (non-hydrogen) atoms. The molecular formula is C26H33NO7. The Morgan fingerprint density at radius 3 is 2.26 bits per heavy atom. The van der Waals surface area contributed by atoms with Crippen molar-refractivity contribution in [2.45, 2.75) is 50.8 Å². The van der Waals surface area contributed by atoms with E-state index in [2.05, 4.69) is 11.9 Å². The Labute approximate surface area is 200 Å². The molecule has 0 bridgehead atoms. The second kappa shape index (κ2) is 13.2. The maximum absolute atomic E-state index is 12.1. The number of aliphatic hydroxyl groups excluding tert-OH is 1. The second-order valence-electron chi connectivity index (χ2n) is 7.96. The van der Waals surface area contributed by atoms with E-state index in [0.717, 1.165) is 16.9 Å². The summed E-state index contributed by atoms with van der Waals surface area (Å²) in [5.41, 5.74) is 1.88. The van der Waals surface area contributed by atoms with Crippen LogP contribution in [0.25, 0.3) is 0 Å². The van der Waals surface area contributed by atoms with E-state index in [4.69, 9.17) is 23.7 Å². The van der Waals surface area contributed by atoms with Gasteiger partial charge in [0.1, 0.15) is 30.1 Å². The predicted molar refractivity (Wildman–Crippen MR) is 126 cm³/mol. The van der Waals surface area contributed by atoms with Gasteiger partial charge in [0, 0.05) is 6.92 Å². The van der Waals surface area contributed by atoms with Gasteiger partial charge in [0.15, 0.2) is 6.29 Å². The van der Waals surface area contributed by atoms with E-state index in [0.29, 0.717) is 6.61 Å². The maximum Gasteiger partial charge on any atom is 0.217 e. The lowest BCUT2D eigenvalue weighted by atomic mass is 9.96. The van der Waals surface area contributed by atoms with Crippen molar-refractivity contribution in [3.05, 3.63) is 78.4 Å². The van der Waals surface area contributed by atoms with E-state index in [-0.39, 0.29) is 25.7 Å². The van der Waals surface area contributed by atoms with Crippen molar-refractivity contribution in [2.75, 3.05) is 20.3 Å². The number of hydrogen-bond donors (Lipinski definition) is 2. The summed E-state index contributed by atoms with van der Waals surface area (Å²) in [6.45, 7) is 5.54. The highest BCUT2D eigenvalue weighted by atomic mass is 16.7. The third-order valence-electron chi connectivity index (χ3n) is 5.46. The van der Waals surface area contributed by atoms with Crippen LogP contribution in [0.2, 0.25) is 0 Å². The zero-order chi connectivity index (χ0) is 24.3. The van der Waals surface area contributed by atoms with Gasteiger partial charge in [-0.2, -0.15) is 0 Å². The van der Waals surface area contributed by atoms with Crippen LogP contribution in [0.15, 0.2) is 67.3 Å². The first-order valence-electron chi connectivity index (χ1n) is 11.2. The topological polar surface area (TPSA) is 95.5 Å².